The summed E-state index contributed by atoms with van der Waals surface area (Å²) in [7, 11) is 5.41. The van der Waals surface area contributed by atoms with Crippen LogP contribution in [0, 0.1) is 0 Å². The number of hydrogen-bond donors (Lipinski definition) is 2. The van der Waals surface area contributed by atoms with Crippen LogP contribution in [0.15, 0.2) is 15.9 Å². The molecule has 2 aromatic rings. The summed E-state index contributed by atoms with van der Waals surface area (Å²) >= 11 is 0. The fraction of sp³-hybridized carbons (Fsp3) is 0.643. The summed E-state index contributed by atoms with van der Waals surface area (Å²) in [5.74, 6) is 0. The zero-order valence-corrected chi connectivity index (χ0v) is 13.6. The average molecular weight is 325 g/mol. The first-order chi connectivity index (χ1) is 10.9. The molecule has 1 atom stereocenters. The van der Waals surface area contributed by atoms with E-state index >= 15 is 0 Å². The smallest absolute Gasteiger partial charge is 0.332 e. The lowest BCUT2D eigenvalue weighted by Crippen LogP contribution is -2.40. The highest BCUT2D eigenvalue weighted by atomic mass is 16.3. The van der Waals surface area contributed by atoms with Gasteiger partial charge < -0.3 is 19.7 Å². The Morgan fingerprint density at radius 1 is 1.35 bits per heavy atom. The first-order valence-electron chi connectivity index (χ1n) is 7.45. The number of aliphatic hydroxyl groups excluding tert-OH is 2. The van der Waals surface area contributed by atoms with Crippen molar-refractivity contribution < 1.29 is 10.2 Å². The maximum Gasteiger partial charge on any atom is 0.332 e. The molecule has 2 rings (SSSR count). The molecule has 0 saturated heterocycles. The van der Waals surface area contributed by atoms with Gasteiger partial charge in [-0.2, -0.15) is 0 Å². The molecule has 0 bridgehead atoms. The Morgan fingerprint density at radius 3 is 2.65 bits per heavy atom. The monoisotopic (exact) mass is 325 g/mol. The summed E-state index contributed by atoms with van der Waals surface area (Å²) in [5, 5.41) is 18.6. The van der Waals surface area contributed by atoms with Crippen molar-refractivity contribution >= 4 is 11.2 Å². The maximum absolute atomic E-state index is 12.7. The van der Waals surface area contributed by atoms with Crippen molar-refractivity contribution in [1.29, 1.82) is 0 Å². The van der Waals surface area contributed by atoms with E-state index in [1.54, 1.807) is 7.05 Å². The first kappa shape index (κ1) is 17.4. The molecule has 0 aromatic carbocycles. The van der Waals surface area contributed by atoms with Crippen molar-refractivity contribution in [3.05, 3.63) is 27.2 Å². The normalized spacial score (nSPS) is 13.1. The lowest BCUT2D eigenvalue weighted by atomic mass is 10.3. The zero-order chi connectivity index (χ0) is 17.1. The van der Waals surface area contributed by atoms with Crippen molar-refractivity contribution in [1.82, 2.24) is 23.6 Å². The Hall–Kier alpha value is -1.97. The number of rotatable bonds is 7. The molecule has 9 nitrogen and oxygen atoms in total. The van der Waals surface area contributed by atoms with Crippen LogP contribution in [0.1, 0.15) is 6.42 Å². The highest BCUT2D eigenvalue weighted by molar-refractivity contribution is 5.69. The number of aryl methyl sites for hydroxylation is 1. The van der Waals surface area contributed by atoms with Crippen molar-refractivity contribution in [3.63, 3.8) is 0 Å². The Morgan fingerprint density at radius 2 is 2.04 bits per heavy atom. The molecule has 128 valence electrons. The van der Waals surface area contributed by atoms with Crippen LogP contribution >= 0.6 is 0 Å². The van der Waals surface area contributed by atoms with E-state index in [1.807, 2.05) is 19.0 Å². The zero-order valence-electron chi connectivity index (χ0n) is 13.6. The third-order valence-electron chi connectivity index (χ3n) is 3.71. The molecule has 0 radical (unpaired) electrons. The van der Waals surface area contributed by atoms with Crippen molar-refractivity contribution in [2.45, 2.75) is 25.6 Å². The third kappa shape index (κ3) is 3.52. The predicted octanol–water partition coefficient (Wildman–Crippen LogP) is -1.80. The fourth-order valence-corrected chi connectivity index (χ4v) is 2.49. The van der Waals surface area contributed by atoms with Crippen LogP contribution in [0.5, 0.6) is 0 Å². The molecule has 9 heteroatoms. The van der Waals surface area contributed by atoms with E-state index in [0.717, 1.165) is 6.54 Å². The standard InChI is InChI=1S/C14H23N5O4/c1-16(2)5-4-6-19-13(22)11-12(17(3)14(19)23)15-9-18(11)7-10(21)8-20/h9-10,20-21H,4-8H2,1-3H3/t10-/m0/s1. The lowest BCUT2D eigenvalue weighted by molar-refractivity contribution is 0.0820. The van der Waals surface area contributed by atoms with Crippen molar-refractivity contribution in [3.8, 4) is 0 Å². The van der Waals surface area contributed by atoms with Gasteiger partial charge in [0.25, 0.3) is 5.56 Å². The van der Waals surface area contributed by atoms with Crippen LogP contribution in [0.3, 0.4) is 0 Å². The van der Waals surface area contributed by atoms with Gasteiger partial charge in [0.2, 0.25) is 0 Å². The summed E-state index contributed by atoms with van der Waals surface area (Å²) in [6, 6.07) is 0. The predicted molar refractivity (Wildman–Crippen MR) is 85.5 cm³/mol. The highest BCUT2D eigenvalue weighted by Crippen LogP contribution is 2.06. The molecule has 0 unspecified atom stereocenters. The van der Waals surface area contributed by atoms with Crippen molar-refractivity contribution in [2.24, 2.45) is 7.05 Å². The second kappa shape index (κ2) is 7.07. The second-order valence-corrected chi connectivity index (χ2v) is 5.86. The van der Waals surface area contributed by atoms with Gasteiger partial charge in [0, 0.05) is 13.6 Å². The van der Waals surface area contributed by atoms with Gasteiger partial charge in [-0.3, -0.25) is 13.9 Å². The van der Waals surface area contributed by atoms with Gasteiger partial charge in [-0.25, -0.2) is 9.78 Å². The SMILES string of the molecule is CN(C)CCCn1c(=O)c2c(ncn2C[C@H](O)CO)n(C)c1=O. The summed E-state index contributed by atoms with van der Waals surface area (Å²) in [6.45, 7) is 0.698. The second-order valence-electron chi connectivity index (χ2n) is 5.86. The minimum atomic E-state index is -0.994. The summed E-state index contributed by atoms with van der Waals surface area (Å²) in [5.41, 5.74) is -0.308. The number of hydrogen-bond acceptors (Lipinski definition) is 6. The maximum atomic E-state index is 12.7. The largest absolute Gasteiger partial charge is 0.394 e. The van der Waals surface area contributed by atoms with E-state index in [4.69, 9.17) is 5.11 Å². The number of imidazole rings is 1. The van der Waals surface area contributed by atoms with E-state index in [1.165, 1.54) is 20.0 Å². The van der Waals surface area contributed by atoms with Crippen LogP contribution in [-0.2, 0) is 20.1 Å². The Labute approximate surface area is 133 Å². The van der Waals surface area contributed by atoms with E-state index in [-0.39, 0.29) is 17.7 Å². The molecule has 0 spiro atoms. The van der Waals surface area contributed by atoms with Gasteiger partial charge in [-0.05, 0) is 27.1 Å². The number of fused-ring (bicyclic) bond motifs is 1. The molecule has 0 aliphatic rings. The average Bonchev–Trinajstić information content (AvgIpc) is 2.92. The number of aromatic nitrogens is 4. The first-order valence-corrected chi connectivity index (χ1v) is 7.45. The van der Waals surface area contributed by atoms with E-state index in [0.29, 0.717) is 13.0 Å². The summed E-state index contributed by atoms with van der Waals surface area (Å²) in [4.78, 5) is 31.1. The van der Waals surface area contributed by atoms with Gasteiger partial charge in [0.1, 0.15) is 0 Å². The quantitative estimate of drug-likeness (QED) is 0.622. The summed E-state index contributed by atoms with van der Waals surface area (Å²) < 4.78 is 3.99. The van der Waals surface area contributed by atoms with Crippen LogP contribution in [0.2, 0.25) is 0 Å². The Balaban J connectivity index is 2.49. The molecular weight excluding hydrogens is 302 g/mol. The molecule has 2 heterocycles. The van der Waals surface area contributed by atoms with E-state index in [9.17, 15) is 14.7 Å². The summed E-state index contributed by atoms with van der Waals surface area (Å²) in [6.07, 6.45) is 1.07. The third-order valence-corrected chi connectivity index (χ3v) is 3.71. The molecule has 0 aliphatic heterocycles. The molecule has 2 aromatic heterocycles. The van der Waals surface area contributed by atoms with Gasteiger partial charge in [0.15, 0.2) is 11.2 Å². The molecule has 0 amide bonds. The highest BCUT2D eigenvalue weighted by Gasteiger charge is 2.17. The van der Waals surface area contributed by atoms with E-state index in [2.05, 4.69) is 4.98 Å². The topological polar surface area (TPSA) is 106 Å². The van der Waals surface area contributed by atoms with Gasteiger partial charge in [-0.1, -0.05) is 0 Å². The molecule has 0 fully saturated rings. The molecule has 0 aliphatic carbocycles. The minimum absolute atomic E-state index is 0.0398. The van der Waals surface area contributed by atoms with Gasteiger partial charge >= 0.3 is 5.69 Å². The minimum Gasteiger partial charge on any atom is -0.394 e. The van der Waals surface area contributed by atoms with Crippen LogP contribution in [0.25, 0.3) is 11.2 Å². The van der Waals surface area contributed by atoms with Gasteiger partial charge in [0.05, 0.1) is 25.6 Å². The van der Waals surface area contributed by atoms with Gasteiger partial charge in [-0.15, -0.1) is 0 Å². The molecular formula is C14H23N5O4. The lowest BCUT2D eigenvalue weighted by Gasteiger charge is -2.13. The molecule has 23 heavy (non-hydrogen) atoms. The van der Waals surface area contributed by atoms with Crippen LogP contribution in [-0.4, -0.2) is 67.1 Å². The molecule has 2 N–H and O–H groups in total. The fourth-order valence-electron chi connectivity index (χ4n) is 2.49. The van der Waals surface area contributed by atoms with Crippen LogP contribution < -0.4 is 11.2 Å². The Kier molecular flexibility index (Phi) is 5.34. The number of nitrogens with zero attached hydrogens (tertiary/aromatic N) is 5. The molecule has 0 saturated carbocycles. The van der Waals surface area contributed by atoms with Crippen molar-refractivity contribution in [2.75, 3.05) is 27.2 Å². The number of aliphatic hydroxyl groups is 2. The Bertz CT molecular complexity index is 789. The van der Waals surface area contributed by atoms with E-state index < -0.39 is 24.0 Å². The van der Waals surface area contributed by atoms with Crippen LogP contribution in [0.4, 0.5) is 0 Å².